The fourth-order valence-electron chi connectivity index (χ4n) is 17.5. The molecule has 0 aromatic heterocycles. The van der Waals surface area contributed by atoms with Gasteiger partial charge >= 0.3 is 11.9 Å². The van der Waals surface area contributed by atoms with Crippen LogP contribution >= 0.6 is 0 Å². The van der Waals surface area contributed by atoms with E-state index in [9.17, 15) is 9.59 Å². The zero-order valence-corrected chi connectivity index (χ0v) is 72.6. The Kier molecular flexibility index (Phi) is 71.1. The lowest BCUT2D eigenvalue weighted by molar-refractivity contribution is -0.153. The molecule has 0 aromatic carbocycles. The maximum absolute atomic E-state index is 13.2. The smallest absolute Gasteiger partial charge is 0.311 e. The molecule has 1 aliphatic carbocycles. The van der Waals surface area contributed by atoms with Gasteiger partial charge in [0.1, 0.15) is 0 Å². The Morgan fingerprint density at radius 2 is 0.660 bits per heavy atom. The van der Waals surface area contributed by atoms with Gasteiger partial charge in [0, 0.05) is 7.11 Å². The number of carbonyl (C=O) groups excluding carboxylic acids is 2. The first-order chi connectivity index (χ1) is 50.2. The van der Waals surface area contributed by atoms with Gasteiger partial charge in [-0.25, -0.2) is 0 Å². The molecule has 1 fully saturated rings. The van der Waals surface area contributed by atoms with Crippen molar-refractivity contribution >= 4 is 11.9 Å². The van der Waals surface area contributed by atoms with Crippen LogP contribution in [0.2, 0.25) is 0 Å². The average molecular weight is 1450 g/mol. The topological polar surface area (TPSA) is 61.8 Å². The van der Waals surface area contributed by atoms with Crippen molar-refractivity contribution in [2.45, 2.75) is 537 Å². The molecule has 0 saturated heterocycles. The molecule has 7 atom stereocenters. The normalized spacial score (nSPS) is 15.7. The summed E-state index contributed by atoms with van der Waals surface area (Å²) in [6, 6.07) is 0. The molecule has 0 radical (unpaired) electrons. The fourth-order valence-corrected chi connectivity index (χ4v) is 17.5. The van der Waals surface area contributed by atoms with Crippen molar-refractivity contribution < 1.29 is 23.8 Å². The highest BCUT2D eigenvalue weighted by molar-refractivity contribution is 5.75. The van der Waals surface area contributed by atoms with Crippen LogP contribution in [0.1, 0.15) is 531 Å². The molecular formula is C98H190O5. The number of hydrogen-bond acceptors (Lipinski definition) is 5. The predicted molar refractivity (Wildman–Crippen MR) is 457 cm³/mol. The second-order valence-corrected chi connectivity index (χ2v) is 36.9. The van der Waals surface area contributed by atoms with Gasteiger partial charge in [-0.15, -0.1) is 0 Å². The summed E-state index contributed by atoms with van der Waals surface area (Å²) in [6.45, 7) is 20.7. The third-order valence-electron chi connectivity index (χ3n) is 24.9. The highest BCUT2D eigenvalue weighted by atomic mass is 16.5. The van der Waals surface area contributed by atoms with Crippen LogP contribution in [-0.4, -0.2) is 38.9 Å². The van der Waals surface area contributed by atoms with Gasteiger partial charge in [-0.1, -0.05) is 458 Å². The quantitative estimate of drug-likeness (QED) is 0.0345. The molecular weight excluding hydrogens is 1260 g/mol. The fraction of sp³-hybridized carbons (Fsp3) is 0.959. The summed E-state index contributed by atoms with van der Waals surface area (Å²) in [5.74, 6) is 4.17. The minimum absolute atomic E-state index is 0.0319. The highest BCUT2D eigenvalue weighted by Crippen LogP contribution is 2.49. The minimum atomic E-state index is -0.387. The number of hydrogen-bond donors (Lipinski definition) is 0. The Hall–Kier alpha value is -1.36. The molecule has 0 amide bonds. The number of allylic oxidation sites excluding steroid dienone is 2. The van der Waals surface area contributed by atoms with Gasteiger partial charge in [-0.3, -0.25) is 9.59 Å². The van der Waals surface area contributed by atoms with Crippen LogP contribution in [0.25, 0.3) is 0 Å². The van der Waals surface area contributed by atoms with E-state index in [0.29, 0.717) is 24.5 Å². The molecule has 612 valence electrons. The Balaban J connectivity index is 1.89. The first-order valence-corrected chi connectivity index (χ1v) is 47.6. The van der Waals surface area contributed by atoms with E-state index in [2.05, 4.69) is 53.7 Å². The van der Waals surface area contributed by atoms with Gasteiger partial charge < -0.3 is 14.2 Å². The lowest BCUT2D eigenvalue weighted by Gasteiger charge is -2.36. The van der Waals surface area contributed by atoms with E-state index in [0.717, 1.165) is 43.4 Å². The number of rotatable bonds is 82. The molecule has 2 unspecified atom stereocenters. The number of carbonyl (C=O) groups is 2. The number of methoxy groups -OCH3 is 2. The van der Waals surface area contributed by atoms with Crippen LogP contribution in [-0.2, 0) is 23.8 Å². The van der Waals surface area contributed by atoms with Crippen LogP contribution in [0.5, 0.6) is 0 Å². The van der Waals surface area contributed by atoms with Gasteiger partial charge in [0.25, 0.3) is 0 Å². The van der Waals surface area contributed by atoms with Crippen molar-refractivity contribution in [2.75, 3.05) is 20.8 Å². The maximum atomic E-state index is 13.2. The van der Waals surface area contributed by atoms with E-state index in [1.165, 1.54) is 443 Å². The molecule has 5 nitrogen and oxygen atoms in total. The standard InChI is InChI=1S/C98H190O5/c1-12-13-14-15-16-17-18-19-20-31-39-46-53-60-67-74-81-89(3)94(101-10)85-78-71-64-57-50-43-36-35-38-45-52-59-66-73-80-88(2)92-87-90(92)82-75-68-61-54-47-40-32-28-29-34-42-49-56-63-70-77-84-93(97(4,5)6)91(95(99)102-11)83-76-69-62-55-48-41-33-27-25-23-21-22-24-26-30-37-44-51-58-65-72-79-86-103-96(100)98(7,8)9/h28-29,88-94H,12-27,30-87H2,1-11H3/b29-28+/t88-,89-,90?,91+,92?,93+,94+/m0/s1. The predicted octanol–water partition coefficient (Wildman–Crippen LogP) is 33.6. The van der Waals surface area contributed by atoms with E-state index in [1.54, 1.807) is 7.11 Å². The molecule has 0 bridgehead atoms. The van der Waals surface area contributed by atoms with Crippen LogP contribution in [0.4, 0.5) is 0 Å². The summed E-state index contributed by atoms with van der Waals surface area (Å²) < 4.78 is 16.8. The minimum Gasteiger partial charge on any atom is -0.469 e. The van der Waals surface area contributed by atoms with Crippen molar-refractivity contribution in [2.24, 2.45) is 46.3 Å². The molecule has 1 aliphatic rings. The molecule has 1 saturated carbocycles. The van der Waals surface area contributed by atoms with Gasteiger partial charge in [0.2, 0.25) is 0 Å². The lowest BCUT2D eigenvalue weighted by Crippen LogP contribution is -2.34. The van der Waals surface area contributed by atoms with E-state index in [-0.39, 0.29) is 28.7 Å². The molecule has 0 N–H and O–H groups in total. The first kappa shape index (κ1) is 99.6. The molecule has 1 rings (SSSR count). The number of ether oxygens (including phenoxy) is 3. The van der Waals surface area contributed by atoms with Gasteiger partial charge in [-0.05, 0) is 120 Å². The van der Waals surface area contributed by atoms with Gasteiger partial charge in [-0.2, -0.15) is 0 Å². The van der Waals surface area contributed by atoms with Crippen molar-refractivity contribution in [1.29, 1.82) is 0 Å². The van der Waals surface area contributed by atoms with Crippen LogP contribution in [0, 0.1) is 46.3 Å². The summed E-state index contributed by atoms with van der Waals surface area (Å²) in [4.78, 5) is 25.0. The molecule has 0 aliphatic heterocycles. The van der Waals surface area contributed by atoms with Gasteiger partial charge in [0.15, 0.2) is 0 Å². The molecule has 0 aromatic rings. The van der Waals surface area contributed by atoms with Gasteiger partial charge in [0.05, 0.1) is 31.2 Å². The number of unbranched alkanes of at least 4 members (excludes halogenated alkanes) is 61. The largest absolute Gasteiger partial charge is 0.469 e. The van der Waals surface area contributed by atoms with Crippen molar-refractivity contribution in [3.63, 3.8) is 0 Å². The van der Waals surface area contributed by atoms with E-state index >= 15 is 0 Å². The first-order valence-electron chi connectivity index (χ1n) is 47.6. The molecule has 103 heavy (non-hydrogen) atoms. The Labute approximate surface area is 648 Å². The Bertz CT molecular complexity index is 1770. The van der Waals surface area contributed by atoms with Crippen LogP contribution in [0.15, 0.2) is 12.2 Å². The van der Waals surface area contributed by atoms with Crippen molar-refractivity contribution in [3.8, 4) is 0 Å². The van der Waals surface area contributed by atoms with Crippen molar-refractivity contribution in [3.05, 3.63) is 12.2 Å². The maximum Gasteiger partial charge on any atom is 0.311 e. The Morgan fingerprint density at radius 3 is 1.00 bits per heavy atom. The third-order valence-corrected chi connectivity index (χ3v) is 24.9. The van der Waals surface area contributed by atoms with E-state index in [1.807, 2.05) is 27.9 Å². The SMILES string of the molecule is CCCCCCCCCCCCCCCCCC[C@H](C)[C@@H](CCCCCCCCCCCCCCCC[C@H](C)C1CC1CCCCCCCC/C=C/CCCCCCCC[C@H]([C@@H](CCCCCCCCCCCCCCCCCCCCCCCCOC(=O)C(C)(C)C)C(=O)OC)C(C)(C)C)OC. The summed E-state index contributed by atoms with van der Waals surface area (Å²) in [5.41, 5.74) is -0.276. The van der Waals surface area contributed by atoms with Crippen molar-refractivity contribution in [1.82, 2.24) is 0 Å². The summed E-state index contributed by atoms with van der Waals surface area (Å²) in [7, 11) is 3.56. The second kappa shape index (κ2) is 73.4. The third kappa shape index (κ3) is 65.1. The molecule has 0 spiro atoms. The summed E-state index contributed by atoms with van der Waals surface area (Å²) in [5, 5.41) is 0. The summed E-state index contributed by atoms with van der Waals surface area (Å²) >= 11 is 0. The Morgan fingerprint density at radius 1 is 0.359 bits per heavy atom. The van der Waals surface area contributed by atoms with E-state index < -0.39 is 0 Å². The zero-order valence-electron chi connectivity index (χ0n) is 72.6. The molecule has 5 heteroatoms. The monoisotopic (exact) mass is 1450 g/mol. The van der Waals surface area contributed by atoms with Crippen LogP contribution in [0.3, 0.4) is 0 Å². The second-order valence-electron chi connectivity index (χ2n) is 36.9. The highest BCUT2D eigenvalue weighted by Gasteiger charge is 2.40. The van der Waals surface area contributed by atoms with Crippen LogP contribution < -0.4 is 0 Å². The average Bonchev–Trinajstić information content (AvgIpc) is 1.76. The lowest BCUT2D eigenvalue weighted by atomic mass is 9.69. The van der Waals surface area contributed by atoms with E-state index in [4.69, 9.17) is 14.2 Å². The molecule has 0 heterocycles. The summed E-state index contributed by atoms with van der Waals surface area (Å²) in [6.07, 6.45) is 107. The zero-order chi connectivity index (χ0) is 75.1. The number of esters is 2.